The molecular weight excluding hydrogens is 322 g/mol. The van der Waals surface area contributed by atoms with Crippen LogP contribution in [0.2, 0.25) is 0 Å². The number of carbonyl (C=O) groups excluding carboxylic acids is 3. The first-order valence-electron chi connectivity index (χ1n) is 8.31. The smallest absolute Gasteiger partial charge is 0.365 e. The molecule has 0 fully saturated rings. The van der Waals surface area contributed by atoms with E-state index in [0.717, 1.165) is 16.0 Å². The molecule has 1 aromatic rings. The Hall–Kier alpha value is -2.41. The summed E-state index contributed by atoms with van der Waals surface area (Å²) in [6.45, 7) is 6.04. The van der Waals surface area contributed by atoms with Crippen molar-refractivity contribution in [3.63, 3.8) is 0 Å². The third kappa shape index (κ3) is 5.29. The summed E-state index contributed by atoms with van der Waals surface area (Å²) in [5.74, 6) is -0.776. The zero-order valence-corrected chi connectivity index (χ0v) is 15.1. The summed E-state index contributed by atoms with van der Waals surface area (Å²) in [4.78, 5) is 37.0. The largest absolute Gasteiger partial charge is 0.465 e. The minimum atomic E-state index is -0.538. The minimum Gasteiger partial charge on any atom is -0.465 e. The van der Waals surface area contributed by atoms with E-state index in [4.69, 9.17) is 4.74 Å². The predicted molar refractivity (Wildman–Crippen MR) is 91.9 cm³/mol. The molecule has 25 heavy (non-hydrogen) atoms. The molecule has 0 spiro atoms. The van der Waals surface area contributed by atoms with Gasteiger partial charge in [0.25, 0.3) is 5.91 Å². The van der Waals surface area contributed by atoms with Gasteiger partial charge in [-0.15, -0.1) is 0 Å². The van der Waals surface area contributed by atoms with Gasteiger partial charge in [-0.3, -0.25) is 10.1 Å². The molecule has 1 heterocycles. The second-order valence-corrected chi connectivity index (χ2v) is 7.31. The molecule has 0 saturated heterocycles. The van der Waals surface area contributed by atoms with Gasteiger partial charge in [0.1, 0.15) is 6.54 Å². The number of ether oxygens (including phenoxy) is 1. The van der Waals surface area contributed by atoms with Crippen molar-refractivity contribution in [3.05, 3.63) is 35.4 Å². The maximum absolute atomic E-state index is 12.2. The zero-order chi connectivity index (χ0) is 18.6. The SMILES string of the molecule is COC(=O)[C@H]1Cc2ccccc2C[NH+]1CC(=O)NC(=O)NC(C)(C)C. The molecule has 1 aliphatic rings. The van der Waals surface area contributed by atoms with Gasteiger partial charge in [-0.2, -0.15) is 0 Å². The number of rotatable bonds is 3. The molecule has 136 valence electrons. The summed E-state index contributed by atoms with van der Waals surface area (Å²) >= 11 is 0. The molecule has 0 bridgehead atoms. The summed E-state index contributed by atoms with van der Waals surface area (Å²) in [5.41, 5.74) is 1.76. The van der Waals surface area contributed by atoms with Crippen LogP contribution >= 0.6 is 0 Å². The van der Waals surface area contributed by atoms with E-state index in [1.165, 1.54) is 7.11 Å². The van der Waals surface area contributed by atoms with Crippen LogP contribution in [0, 0.1) is 0 Å². The molecule has 3 amide bonds. The van der Waals surface area contributed by atoms with E-state index in [1.54, 1.807) is 0 Å². The molecule has 1 aliphatic heterocycles. The fraction of sp³-hybridized carbons (Fsp3) is 0.500. The lowest BCUT2D eigenvalue weighted by Gasteiger charge is -2.31. The standard InChI is InChI=1S/C18H25N3O4/c1-18(2,3)20-17(24)19-15(22)11-21-10-13-8-6-5-7-12(13)9-14(21)16(23)25-4/h5-8,14H,9-11H2,1-4H3,(H2,19,20,22,24)/p+1/t14-/m1/s1. The number of imide groups is 1. The van der Waals surface area contributed by atoms with Gasteiger partial charge in [0.2, 0.25) is 0 Å². The Bertz CT molecular complexity index is 667. The van der Waals surface area contributed by atoms with Crippen molar-refractivity contribution in [1.82, 2.24) is 10.6 Å². The number of carbonyl (C=O) groups is 3. The van der Waals surface area contributed by atoms with Gasteiger partial charge < -0.3 is 15.0 Å². The van der Waals surface area contributed by atoms with Gasteiger partial charge in [-0.05, 0) is 26.3 Å². The number of nitrogens with one attached hydrogen (secondary N) is 3. The van der Waals surface area contributed by atoms with Crippen molar-refractivity contribution in [2.45, 2.75) is 45.3 Å². The molecule has 7 heteroatoms. The second kappa shape index (κ2) is 7.65. The van der Waals surface area contributed by atoms with Gasteiger partial charge in [-0.25, -0.2) is 9.59 Å². The maximum Gasteiger partial charge on any atom is 0.365 e. The predicted octanol–water partition coefficient (Wildman–Crippen LogP) is -0.206. The van der Waals surface area contributed by atoms with E-state index < -0.39 is 23.5 Å². The number of hydrogen-bond donors (Lipinski definition) is 3. The van der Waals surface area contributed by atoms with Crippen LogP contribution in [0.5, 0.6) is 0 Å². The van der Waals surface area contributed by atoms with E-state index in [1.807, 2.05) is 45.0 Å². The lowest BCUT2D eigenvalue weighted by atomic mass is 9.94. The lowest BCUT2D eigenvalue weighted by molar-refractivity contribution is -0.924. The van der Waals surface area contributed by atoms with Crippen LogP contribution in [0.4, 0.5) is 4.79 Å². The number of amides is 3. The molecule has 7 nitrogen and oxygen atoms in total. The molecule has 3 N–H and O–H groups in total. The van der Waals surface area contributed by atoms with E-state index in [9.17, 15) is 14.4 Å². The molecule has 2 atom stereocenters. The van der Waals surface area contributed by atoms with Crippen molar-refractivity contribution in [1.29, 1.82) is 0 Å². The Morgan fingerprint density at radius 3 is 2.44 bits per heavy atom. The van der Waals surface area contributed by atoms with Gasteiger partial charge in [0.15, 0.2) is 12.6 Å². The van der Waals surface area contributed by atoms with Gasteiger partial charge in [-0.1, -0.05) is 24.3 Å². The Kier molecular flexibility index (Phi) is 5.79. The minimum absolute atomic E-state index is 0.0195. The van der Waals surface area contributed by atoms with E-state index in [2.05, 4.69) is 10.6 Å². The first kappa shape index (κ1) is 18.9. The van der Waals surface area contributed by atoms with Crippen molar-refractivity contribution in [2.75, 3.05) is 13.7 Å². The molecule has 1 aromatic carbocycles. The maximum atomic E-state index is 12.2. The van der Waals surface area contributed by atoms with Gasteiger partial charge in [0.05, 0.1) is 7.11 Å². The molecule has 0 radical (unpaired) electrons. The highest BCUT2D eigenvalue weighted by Crippen LogP contribution is 2.14. The van der Waals surface area contributed by atoms with Crippen LogP contribution in [0.1, 0.15) is 31.9 Å². The van der Waals surface area contributed by atoms with E-state index >= 15 is 0 Å². The second-order valence-electron chi connectivity index (χ2n) is 7.31. The van der Waals surface area contributed by atoms with Crippen LogP contribution in [0.3, 0.4) is 0 Å². The molecular formula is C18H26N3O4+. The number of hydrogen-bond acceptors (Lipinski definition) is 4. The molecule has 2 rings (SSSR count). The summed E-state index contributed by atoms with van der Waals surface area (Å²) in [7, 11) is 1.34. The monoisotopic (exact) mass is 348 g/mol. The van der Waals surface area contributed by atoms with Crippen molar-refractivity contribution in [2.24, 2.45) is 0 Å². The molecule has 0 aromatic heterocycles. The van der Waals surface area contributed by atoms with E-state index in [0.29, 0.717) is 13.0 Å². The average molecular weight is 348 g/mol. The quantitative estimate of drug-likeness (QED) is 0.660. The van der Waals surface area contributed by atoms with Crippen LogP contribution in [-0.2, 0) is 27.3 Å². The van der Waals surface area contributed by atoms with Crippen molar-refractivity contribution < 1.29 is 24.0 Å². The van der Waals surface area contributed by atoms with Gasteiger partial charge in [0, 0.05) is 17.5 Å². The number of quaternary nitrogens is 1. The van der Waals surface area contributed by atoms with Gasteiger partial charge >= 0.3 is 12.0 Å². The number of benzene rings is 1. The highest BCUT2D eigenvalue weighted by atomic mass is 16.5. The third-order valence-corrected chi connectivity index (χ3v) is 4.07. The summed E-state index contributed by atoms with van der Waals surface area (Å²) in [6, 6.07) is 6.85. The summed E-state index contributed by atoms with van der Waals surface area (Å²) in [5, 5.41) is 5.00. The molecule has 0 aliphatic carbocycles. The highest BCUT2D eigenvalue weighted by Gasteiger charge is 2.37. The number of urea groups is 1. The topological polar surface area (TPSA) is 88.9 Å². The summed E-state index contributed by atoms with van der Waals surface area (Å²) in [6.07, 6.45) is 0.514. The Morgan fingerprint density at radius 1 is 1.20 bits per heavy atom. The first-order chi connectivity index (χ1) is 11.7. The summed E-state index contributed by atoms with van der Waals surface area (Å²) < 4.78 is 4.89. The zero-order valence-electron chi connectivity index (χ0n) is 15.1. The average Bonchev–Trinajstić information content (AvgIpc) is 2.51. The first-order valence-corrected chi connectivity index (χ1v) is 8.31. The number of esters is 1. The Morgan fingerprint density at radius 2 is 1.84 bits per heavy atom. The fourth-order valence-electron chi connectivity index (χ4n) is 2.99. The molecule has 1 unspecified atom stereocenters. The van der Waals surface area contributed by atoms with E-state index in [-0.39, 0.29) is 12.5 Å². The Labute approximate surface area is 147 Å². The number of methoxy groups -OCH3 is 1. The van der Waals surface area contributed by atoms with Crippen LogP contribution in [-0.4, -0.2) is 43.1 Å². The normalized spacial score (nSPS) is 19.5. The molecule has 0 saturated carbocycles. The number of fused-ring (bicyclic) bond motifs is 1. The van der Waals surface area contributed by atoms with Crippen LogP contribution < -0.4 is 15.5 Å². The fourth-order valence-corrected chi connectivity index (χ4v) is 2.99. The highest BCUT2D eigenvalue weighted by molar-refractivity contribution is 5.95. The van der Waals surface area contributed by atoms with Crippen molar-refractivity contribution >= 4 is 17.9 Å². The van der Waals surface area contributed by atoms with Crippen molar-refractivity contribution in [3.8, 4) is 0 Å². The Balaban J connectivity index is 2.06. The van der Waals surface area contributed by atoms with Crippen LogP contribution in [0.15, 0.2) is 24.3 Å². The van der Waals surface area contributed by atoms with Crippen LogP contribution in [0.25, 0.3) is 0 Å². The lowest BCUT2D eigenvalue weighted by Crippen LogP contribution is -3.17. The third-order valence-electron chi connectivity index (χ3n) is 4.07.